The number of hydrogen-bond acceptors (Lipinski definition) is 8. The van der Waals surface area contributed by atoms with Crippen molar-refractivity contribution in [2.75, 3.05) is 20.3 Å². The molecular weight excluding hydrogens is 466 g/mol. The van der Waals surface area contributed by atoms with Gasteiger partial charge in [0.15, 0.2) is 5.78 Å². The maximum Gasteiger partial charge on any atom is 0.336 e. The van der Waals surface area contributed by atoms with Crippen LogP contribution < -0.4 is 10.1 Å². The van der Waals surface area contributed by atoms with E-state index in [1.807, 2.05) is 48.7 Å². The molecule has 1 aliphatic heterocycles. The predicted octanol–water partition coefficient (Wildman–Crippen LogP) is 4.47. The fraction of sp³-hybridized carbons (Fsp3) is 0.370. The normalized spacial score (nSPS) is 21.8. The molecule has 1 N–H and O–H groups in total. The molecule has 8 heteroatoms. The van der Waals surface area contributed by atoms with Gasteiger partial charge in [0.1, 0.15) is 11.7 Å². The first-order chi connectivity index (χ1) is 16.9. The molecule has 1 aromatic heterocycles. The van der Waals surface area contributed by atoms with Gasteiger partial charge in [0.25, 0.3) is 0 Å². The molecule has 35 heavy (non-hydrogen) atoms. The van der Waals surface area contributed by atoms with Gasteiger partial charge in [-0.15, -0.1) is 11.3 Å². The van der Waals surface area contributed by atoms with Crippen molar-refractivity contribution in [3.8, 4) is 5.75 Å². The lowest BCUT2D eigenvalue weighted by atomic mass is 9.68. The van der Waals surface area contributed by atoms with Crippen molar-refractivity contribution < 1.29 is 28.6 Å². The Hall–Kier alpha value is -3.39. The number of carbonyl (C=O) groups is 3. The van der Waals surface area contributed by atoms with E-state index in [1.54, 1.807) is 21.0 Å². The summed E-state index contributed by atoms with van der Waals surface area (Å²) in [6, 6.07) is 11.2. The fourth-order valence-corrected chi connectivity index (χ4v) is 5.76. The highest BCUT2D eigenvalue weighted by Gasteiger charge is 2.49. The lowest BCUT2D eigenvalue weighted by Crippen LogP contribution is -2.43. The molecule has 2 heterocycles. The van der Waals surface area contributed by atoms with Gasteiger partial charge in [-0.1, -0.05) is 18.2 Å². The Balaban J connectivity index is 1.85. The summed E-state index contributed by atoms with van der Waals surface area (Å²) in [5.41, 5.74) is 3.05. The molecule has 0 saturated carbocycles. The lowest BCUT2D eigenvalue weighted by molar-refractivity contribution is -0.152. The van der Waals surface area contributed by atoms with Gasteiger partial charge >= 0.3 is 11.9 Å². The number of benzene rings is 1. The second kappa shape index (κ2) is 10.5. The zero-order valence-corrected chi connectivity index (χ0v) is 21.1. The molecule has 184 valence electrons. The van der Waals surface area contributed by atoms with Crippen molar-refractivity contribution >= 4 is 29.1 Å². The smallest absolute Gasteiger partial charge is 0.336 e. The molecule has 1 aliphatic carbocycles. The molecule has 0 fully saturated rings. The van der Waals surface area contributed by atoms with E-state index in [1.165, 1.54) is 11.3 Å². The summed E-state index contributed by atoms with van der Waals surface area (Å²) in [5, 5.41) is 5.22. The maximum absolute atomic E-state index is 14.1. The standard InChI is InChI=1S/C27H29NO6S/c1-5-33-26(30)21-15(3)28-19-14-18(16-9-11-17(32-4)12-10-16)22(27(31)34-6-2)25(29)23(19)24(21)20-8-7-13-35-20/h7-13,18,22,24,28H,5-6,14H2,1-4H3/t18-,22+,24-/m0/s1. The number of methoxy groups -OCH3 is 1. The number of rotatable bonds is 7. The van der Waals surface area contributed by atoms with Gasteiger partial charge in [-0.2, -0.15) is 0 Å². The monoisotopic (exact) mass is 495 g/mol. The Bertz CT molecular complexity index is 1180. The van der Waals surface area contributed by atoms with Crippen LogP contribution in [0.25, 0.3) is 0 Å². The number of esters is 2. The van der Waals surface area contributed by atoms with Crippen molar-refractivity contribution in [2.24, 2.45) is 5.92 Å². The number of dihydropyridines is 1. The second-order valence-electron chi connectivity index (χ2n) is 8.40. The van der Waals surface area contributed by atoms with Gasteiger partial charge in [-0.3, -0.25) is 9.59 Å². The van der Waals surface area contributed by atoms with Crippen LogP contribution in [0.1, 0.15) is 49.5 Å². The molecule has 3 atom stereocenters. The number of Topliss-reactive ketones (excluding diaryl/α,β-unsaturated/α-hetero) is 1. The predicted molar refractivity (Wildman–Crippen MR) is 132 cm³/mol. The summed E-state index contributed by atoms with van der Waals surface area (Å²) in [6.45, 7) is 5.68. The molecule has 0 spiro atoms. The van der Waals surface area contributed by atoms with Crippen molar-refractivity contribution in [3.63, 3.8) is 0 Å². The van der Waals surface area contributed by atoms with E-state index in [0.29, 0.717) is 29.0 Å². The highest BCUT2D eigenvalue weighted by Crippen LogP contribution is 2.49. The van der Waals surface area contributed by atoms with E-state index in [9.17, 15) is 14.4 Å². The topological polar surface area (TPSA) is 90.9 Å². The maximum atomic E-state index is 14.1. The average molecular weight is 496 g/mol. The molecule has 1 aromatic carbocycles. The number of ether oxygens (including phenoxy) is 3. The number of allylic oxidation sites excluding steroid dienone is 3. The third-order valence-corrected chi connectivity index (χ3v) is 7.36. The van der Waals surface area contributed by atoms with Crippen LogP contribution in [0.3, 0.4) is 0 Å². The van der Waals surface area contributed by atoms with Gasteiger partial charge in [-0.05, 0) is 56.3 Å². The summed E-state index contributed by atoms with van der Waals surface area (Å²) in [5.74, 6) is -2.71. The molecule has 0 radical (unpaired) electrons. The Labute approximate surface area is 208 Å². The summed E-state index contributed by atoms with van der Waals surface area (Å²) < 4.78 is 16.0. The minimum absolute atomic E-state index is 0.170. The van der Waals surface area contributed by atoms with Gasteiger partial charge in [-0.25, -0.2) is 4.79 Å². The first-order valence-corrected chi connectivity index (χ1v) is 12.5. The lowest BCUT2D eigenvalue weighted by Gasteiger charge is -2.39. The number of hydrogen-bond donors (Lipinski definition) is 1. The molecule has 7 nitrogen and oxygen atoms in total. The SMILES string of the molecule is CCOC(=O)C1=C(C)NC2=C(C(=O)[C@H](C(=O)OCC)[C@H](c3ccc(OC)cc3)C2)[C@H]1c1cccs1. The van der Waals surface area contributed by atoms with Crippen LogP contribution in [0.5, 0.6) is 5.75 Å². The zero-order chi connectivity index (χ0) is 25.1. The van der Waals surface area contributed by atoms with E-state index >= 15 is 0 Å². The van der Waals surface area contributed by atoms with Crippen molar-refractivity contribution in [1.82, 2.24) is 5.32 Å². The van der Waals surface area contributed by atoms with Gasteiger partial charge in [0.2, 0.25) is 0 Å². The number of carbonyl (C=O) groups excluding carboxylic acids is 3. The van der Waals surface area contributed by atoms with Crippen LogP contribution in [0.15, 0.2) is 64.3 Å². The largest absolute Gasteiger partial charge is 0.497 e. The molecule has 0 unspecified atom stereocenters. The van der Waals surface area contributed by atoms with Crippen molar-refractivity contribution in [3.05, 3.63) is 74.8 Å². The van der Waals surface area contributed by atoms with Crippen molar-refractivity contribution in [1.29, 1.82) is 0 Å². The van der Waals surface area contributed by atoms with Crippen molar-refractivity contribution in [2.45, 2.75) is 39.0 Å². The fourth-order valence-electron chi connectivity index (χ4n) is 4.92. The van der Waals surface area contributed by atoms with E-state index in [4.69, 9.17) is 14.2 Å². The quantitative estimate of drug-likeness (QED) is 0.448. The van der Waals surface area contributed by atoms with Crippen LogP contribution >= 0.6 is 11.3 Å². The molecule has 2 aromatic rings. The van der Waals surface area contributed by atoms with Gasteiger partial charge < -0.3 is 19.5 Å². The van der Waals surface area contributed by atoms with Crippen LogP contribution in [-0.2, 0) is 23.9 Å². The molecule has 0 saturated heterocycles. The summed E-state index contributed by atoms with van der Waals surface area (Å²) in [7, 11) is 1.59. The summed E-state index contributed by atoms with van der Waals surface area (Å²) in [4.78, 5) is 41.1. The van der Waals surface area contributed by atoms with E-state index < -0.39 is 29.7 Å². The molecule has 0 amide bonds. The van der Waals surface area contributed by atoms with Crippen LogP contribution in [0.2, 0.25) is 0 Å². The van der Waals surface area contributed by atoms with E-state index in [2.05, 4.69) is 5.32 Å². The highest BCUT2D eigenvalue weighted by molar-refractivity contribution is 7.10. The Morgan fingerprint density at radius 3 is 2.40 bits per heavy atom. The number of ketones is 1. The second-order valence-corrected chi connectivity index (χ2v) is 9.38. The van der Waals surface area contributed by atoms with Crippen LogP contribution in [0.4, 0.5) is 0 Å². The van der Waals surface area contributed by atoms with Crippen LogP contribution in [0, 0.1) is 5.92 Å². The number of nitrogens with one attached hydrogen (secondary N) is 1. The molecule has 2 aliphatic rings. The third-order valence-electron chi connectivity index (χ3n) is 6.43. The Morgan fingerprint density at radius 1 is 1.09 bits per heavy atom. The third kappa shape index (κ3) is 4.62. The van der Waals surface area contributed by atoms with Gasteiger partial charge in [0.05, 0.1) is 31.8 Å². The summed E-state index contributed by atoms with van der Waals surface area (Å²) >= 11 is 1.46. The molecular formula is C27H29NO6S. The minimum atomic E-state index is -1.02. The molecule has 0 bridgehead atoms. The summed E-state index contributed by atoms with van der Waals surface area (Å²) in [6.07, 6.45) is 0.423. The van der Waals surface area contributed by atoms with E-state index in [0.717, 1.165) is 16.1 Å². The Kier molecular flexibility index (Phi) is 7.40. The van der Waals surface area contributed by atoms with E-state index in [-0.39, 0.29) is 19.0 Å². The number of thiophene rings is 1. The zero-order valence-electron chi connectivity index (χ0n) is 20.3. The first kappa shape index (κ1) is 24.7. The minimum Gasteiger partial charge on any atom is -0.497 e. The highest BCUT2D eigenvalue weighted by atomic mass is 32.1. The first-order valence-electron chi connectivity index (χ1n) is 11.7. The average Bonchev–Trinajstić information content (AvgIpc) is 3.38. The Morgan fingerprint density at radius 2 is 1.80 bits per heavy atom. The van der Waals surface area contributed by atoms with Gasteiger partial charge in [0, 0.05) is 27.8 Å². The van der Waals surface area contributed by atoms with Crippen LogP contribution in [-0.4, -0.2) is 38.0 Å². The molecule has 4 rings (SSSR count).